The fourth-order valence-corrected chi connectivity index (χ4v) is 2.69. The molecule has 20 heavy (non-hydrogen) atoms. The highest BCUT2D eigenvalue weighted by atomic mass is 35.5. The summed E-state index contributed by atoms with van der Waals surface area (Å²) in [6.07, 6.45) is 0.777. The Kier molecular flexibility index (Phi) is 3.14. The summed E-state index contributed by atoms with van der Waals surface area (Å²) in [5.41, 5.74) is 9.33. The second kappa shape index (κ2) is 4.84. The summed E-state index contributed by atoms with van der Waals surface area (Å²) in [6.45, 7) is 2.51. The first kappa shape index (κ1) is 13.0. The third-order valence-electron chi connectivity index (χ3n) is 3.45. The fourth-order valence-electron chi connectivity index (χ4n) is 2.45. The molecule has 3 rings (SSSR count). The summed E-state index contributed by atoms with van der Waals surface area (Å²) >= 11 is 6.09. The minimum absolute atomic E-state index is 0.146. The highest BCUT2D eigenvalue weighted by molar-refractivity contribution is 6.31. The molecule has 0 unspecified atom stereocenters. The summed E-state index contributed by atoms with van der Waals surface area (Å²) < 4.78 is 5.58. The third kappa shape index (κ3) is 2.14. The molecule has 0 saturated carbocycles. The number of rotatable bonds is 2. The lowest BCUT2D eigenvalue weighted by atomic mass is 9.97. The van der Waals surface area contributed by atoms with Gasteiger partial charge in [0.25, 0.3) is 0 Å². The summed E-state index contributed by atoms with van der Waals surface area (Å²) in [7, 11) is 0. The van der Waals surface area contributed by atoms with Gasteiger partial charge in [-0.3, -0.25) is 4.79 Å². The summed E-state index contributed by atoms with van der Waals surface area (Å²) in [6, 6.07) is 8.91. The number of ketones is 1. The van der Waals surface area contributed by atoms with Crippen molar-refractivity contribution in [2.75, 3.05) is 12.3 Å². The lowest BCUT2D eigenvalue weighted by Gasteiger charge is -2.10. The zero-order valence-corrected chi connectivity index (χ0v) is 11.8. The van der Waals surface area contributed by atoms with Gasteiger partial charge in [0.2, 0.25) is 0 Å². The van der Waals surface area contributed by atoms with E-state index in [9.17, 15) is 4.79 Å². The number of halogens is 1. The molecule has 0 aromatic heterocycles. The number of carbonyl (C=O) groups is 1. The molecule has 2 aromatic rings. The predicted octanol–water partition coefficient (Wildman–Crippen LogP) is 3.40. The van der Waals surface area contributed by atoms with Crippen LogP contribution in [0, 0.1) is 6.92 Å². The third-order valence-corrected chi connectivity index (χ3v) is 3.66. The van der Waals surface area contributed by atoms with E-state index < -0.39 is 0 Å². The van der Waals surface area contributed by atoms with Crippen LogP contribution in [0.4, 0.5) is 5.69 Å². The number of hydrogen-bond acceptors (Lipinski definition) is 3. The summed E-state index contributed by atoms with van der Waals surface area (Å²) in [5, 5.41) is 0.545. The molecule has 0 radical (unpaired) electrons. The van der Waals surface area contributed by atoms with Crippen molar-refractivity contribution in [1.82, 2.24) is 0 Å². The zero-order valence-electron chi connectivity index (χ0n) is 11.1. The van der Waals surface area contributed by atoms with Crippen molar-refractivity contribution in [2.45, 2.75) is 13.3 Å². The molecule has 0 amide bonds. The van der Waals surface area contributed by atoms with E-state index in [1.54, 1.807) is 18.2 Å². The number of nitrogens with two attached hydrogens (primary N) is 1. The molecular formula is C16H14ClNO2. The molecule has 0 atom stereocenters. The van der Waals surface area contributed by atoms with Crippen LogP contribution in [-0.4, -0.2) is 12.4 Å². The minimum atomic E-state index is -0.146. The van der Waals surface area contributed by atoms with Crippen LogP contribution in [0.1, 0.15) is 27.0 Å². The second-order valence-corrected chi connectivity index (χ2v) is 5.40. The monoisotopic (exact) mass is 287 g/mol. The van der Waals surface area contributed by atoms with Crippen molar-refractivity contribution in [3.8, 4) is 5.75 Å². The maximum absolute atomic E-state index is 12.7. The first-order valence-corrected chi connectivity index (χ1v) is 6.80. The molecule has 2 aromatic carbocycles. The van der Waals surface area contributed by atoms with E-state index >= 15 is 0 Å². The highest BCUT2D eigenvalue weighted by Crippen LogP contribution is 2.35. The van der Waals surface area contributed by atoms with Crippen LogP contribution >= 0.6 is 11.6 Å². The van der Waals surface area contributed by atoms with Gasteiger partial charge >= 0.3 is 0 Å². The van der Waals surface area contributed by atoms with Crippen LogP contribution < -0.4 is 10.5 Å². The van der Waals surface area contributed by atoms with Crippen molar-refractivity contribution >= 4 is 23.1 Å². The number of ether oxygens (including phenoxy) is 1. The Morgan fingerprint density at radius 2 is 2.05 bits per heavy atom. The SMILES string of the molecule is Cc1ccc(N)c(C(=O)c2cc(Cl)cc3c2OCC3)c1. The Labute approximate surface area is 122 Å². The molecule has 1 aliphatic rings. The van der Waals surface area contributed by atoms with Crippen LogP contribution in [0.3, 0.4) is 0 Å². The molecule has 0 bridgehead atoms. The number of anilines is 1. The lowest BCUT2D eigenvalue weighted by Crippen LogP contribution is -2.07. The van der Waals surface area contributed by atoms with E-state index in [1.165, 1.54) is 0 Å². The van der Waals surface area contributed by atoms with Gasteiger partial charge in [-0.1, -0.05) is 23.2 Å². The molecule has 1 aliphatic heterocycles. The molecule has 102 valence electrons. The van der Waals surface area contributed by atoms with E-state index in [1.807, 2.05) is 19.1 Å². The van der Waals surface area contributed by atoms with Crippen molar-refractivity contribution in [1.29, 1.82) is 0 Å². The standard InChI is InChI=1S/C16H14ClNO2/c1-9-2-3-14(18)12(6-9)15(19)13-8-11(17)7-10-4-5-20-16(10)13/h2-3,6-8H,4-5,18H2,1H3. The second-order valence-electron chi connectivity index (χ2n) is 4.96. The molecule has 0 spiro atoms. The van der Waals surface area contributed by atoms with E-state index in [0.29, 0.717) is 34.2 Å². The average Bonchev–Trinajstić information content (AvgIpc) is 2.87. The van der Waals surface area contributed by atoms with Gasteiger partial charge in [-0.05, 0) is 36.8 Å². The topological polar surface area (TPSA) is 52.3 Å². The van der Waals surface area contributed by atoms with E-state index in [2.05, 4.69) is 0 Å². The smallest absolute Gasteiger partial charge is 0.198 e. The van der Waals surface area contributed by atoms with Crippen molar-refractivity contribution in [3.05, 3.63) is 57.6 Å². The quantitative estimate of drug-likeness (QED) is 0.680. The highest BCUT2D eigenvalue weighted by Gasteiger charge is 2.24. The van der Waals surface area contributed by atoms with Crippen molar-refractivity contribution < 1.29 is 9.53 Å². The average molecular weight is 288 g/mol. The summed E-state index contributed by atoms with van der Waals surface area (Å²) in [5.74, 6) is 0.493. The largest absolute Gasteiger partial charge is 0.492 e. The van der Waals surface area contributed by atoms with Crippen LogP contribution in [0.25, 0.3) is 0 Å². The van der Waals surface area contributed by atoms with E-state index in [0.717, 1.165) is 17.5 Å². The zero-order chi connectivity index (χ0) is 14.3. The predicted molar refractivity (Wildman–Crippen MR) is 79.7 cm³/mol. The Bertz CT molecular complexity index is 710. The number of benzene rings is 2. The van der Waals surface area contributed by atoms with Crippen molar-refractivity contribution in [3.63, 3.8) is 0 Å². The molecule has 3 nitrogen and oxygen atoms in total. The van der Waals surface area contributed by atoms with Crippen LogP contribution in [0.2, 0.25) is 5.02 Å². The van der Waals surface area contributed by atoms with Crippen molar-refractivity contribution in [2.24, 2.45) is 0 Å². The molecule has 4 heteroatoms. The number of fused-ring (bicyclic) bond motifs is 1. The van der Waals surface area contributed by atoms with Crippen LogP contribution in [0.5, 0.6) is 5.75 Å². The molecule has 2 N–H and O–H groups in total. The van der Waals surface area contributed by atoms with Gasteiger partial charge in [-0.15, -0.1) is 0 Å². The number of carbonyl (C=O) groups excluding carboxylic acids is 1. The van der Waals surface area contributed by atoms with Gasteiger partial charge in [0, 0.05) is 22.7 Å². The van der Waals surface area contributed by atoms with E-state index in [-0.39, 0.29) is 5.78 Å². The Hall–Kier alpha value is -2.00. The molecule has 0 saturated heterocycles. The van der Waals surface area contributed by atoms with Crippen LogP contribution in [-0.2, 0) is 6.42 Å². The van der Waals surface area contributed by atoms with Gasteiger partial charge in [0.1, 0.15) is 5.75 Å². The molecular weight excluding hydrogens is 274 g/mol. The summed E-state index contributed by atoms with van der Waals surface area (Å²) in [4.78, 5) is 12.7. The van der Waals surface area contributed by atoms with Gasteiger partial charge in [0.05, 0.1) is 12.2 Å². The van der Waals surface area contributed by atoms with Gasteiger partial charge in [-0.2, -0.15) is 0 Å². The fraction of sp³-hybridized carbons (Fsp3) is 0.188. The lowest BCUT2D eigenvalue weighted by molar-refractivity contribution is 0.103. The molecule has 0 fully saturated rings. The maximum Gasteiger partial charge on any atom is 0.198 e. The number of aryl methyl sites for hydroxylation is 1. The minimum Gasteiger partial charge on any atom is -0.492 e. The van der Waals surface area contributed by atoms with Gasteiger partial charge < -0.3 is 10.5 Å². The first-order valence-electron chi connectivity index (χ1n) is 6.42. The van der Waals surface area contributed by atoms with Gasteiger partial charge in [0.15, 0.2) is 5.78 Å². The van der Waals surface area contributed by atoms with E-state index in [4.69, 9.17) is 22.1 Å². The van der Waals surface area contributed by atoms with Crippen LogP contribution in [0.15, 0.2) is 30.3 Å². The Morgan fingerprint density at radius 3 is 2.85 bits per heavy atom. The molecule has 0 aliphatic carbocycles. The molecule has 1 heterocycles. The first-order chi connectivity index (χ1) is 9.56. The van der Waals surface area contributed by atoms with Gasteiger partial charge in [-0.25, -0.2) is 0 Å². The Morgan fingerprint density at radius 1 is 1.25 bits per heavy atom. The number of hydrogen-bond donors (Lipinski definition) is 1. The number of nitrogen functional groups attached to an aromatic ring is 1. The maximum atomic E-state index is 12.7. The Balaban J connectivity index is 2.14. The normalized spacial score (nSPS) is 12.9.